The minimum atomic E-state index is -0.429. The Balaban J connectivity index is 1.84. The largest absolute Gasteiger partial charge is 0.497 e. The first-order valence-electron chi connectivity index (χ1n) is 6.56. The van der Waals surface area contributed by atoms with Crippen LogP contribution in [0.1, 0.15) is 6.42 Å². The van der Waals surface area contributed by atoms with Gasteiger partial charge in [-0.15, -0.1) is 0 Å². The maximum Gasteiger partial charge on any atom is 0.258 e. The summed E-state index contributed by atoms with van der Waals surface area (Å²) in [4.78, 5) is 13.9. The number of benzene rings is 1. The average molecular weight is 275 g/mol. The number of β-lactam (4-membered cyclic amide) rings is 1. The summed E-state index contributed by atoms with van der Waals surface area (Å²) in [7, 11) is 3.18. The van der Waals surface area contributed by atoms with Crippen molar-refractivity contribution in [1.29, 1.82) is 0 Å². The fraction of sp³-hybridized carbons (Fsp3) is 0.400. The van der Waals surface area contributed by atoms with E-state index >= 15 is 0 Å². The van der Waals surface area contributed by atoms with Crippen LogP contribution < -0.4 is 9.64 Å². The van der Waals surface area contributed by atoms with Crippen LogP contribution in [0.3, 0.4) is 0 Å². The molecule has 1 saturated heterocycles. The third kappa shape index (κ3) is 1.94. The van der Waals surface area contributed by atoms with Gasteiger partial charge in [0, 0.05) is 19.2 Å². The Morgan fingerprint density at radius 2 is 2.00 bits per heavy atom. The number of hydrogen-bond donors (Lipinski definition) is 0. The first-order chi connectivity index (χ1) is 9.76. The van der Waals surface area contributed by atoms with E-state index in [0.717, 1.165) is 17.9 Å². The first kappa shape index (κ1) is 13.0. The van der Waals surface area contributed by atoms with E-state index in [1.807, 2.05) is 30.3 Å². The normalized spacial score (nSPS) is 28.2. The molecule has 0 spiro atoms. The number of carbonyl (C=O) groups excluding carboxylic acids is 1. The van der Waals surface area contributed by atoms with E-state index in [4.69, 9.17) is 14.2 Å². The number of ether oxygens (including phenoxy) is 3. The highest BCUT2D eigenvalue weighted by Gasteiger charge is 2.53. The molecule has 0 saturated carbocycles. The van der Waals surface area contributed by atoms with Crippen molar-refractivity contribution in [2.75, 3.05) is 19.1 Å². The highest BCUT2D eigenvalue weighted by Crippen LogP contribution is 2.35. The molecule has 1 amide bonds. The van der Waals surface area contributed by atoms with Crippen LogP contribution in [-0.2, 0) is 14.3 Å². The minimum Gasteiger partial charge on any atom is -0.497 e. The molecule has 106 valence electrons. The lowest BCUT2D eigenvalue weighted by Crippen LogP contribution is -2.70. The highest BCUT2D eigenvalue weighted by molar-refractivity contribution is 6.05. The zero-order valence-electron chi connectivity index (χ0n) is 11.5. The van der Waals surface area contributed by atoms with E-state index in [1.54, 1.807) is 25.4 Å². The lowest BCUT2D eigenvalue weighted by molar-refractivity contribution is -0.143. The van der Waals surface area contributed by atoms with Crippen molar-refractivity contribution >= 4 is 11.6 Å². The van der Waals surface area contributed by atoms with Gasteiger partial charge >= 0.3 is 0 Å². The summed E-state index contributed by atoms with van der Waals surface area (Å²) in [5.74, 6) is 0.735. The van der Waals surface area contributed by atoms with Gasteiger partial charge in [-0.1, -0.05) is 0 Å². The van der Waals surface area contributed by atoms with Gasteiger partial charge in [0.1, 0.15) is 17.9 Å². The molecule has 2 aliphatic heterocycles. The Kier molecular flexibility index (Phi) is 3.36. The maximum absolute atomic E-state index is 12.2. The van der Waals surface area contributed by atoms with Crippen molar-refractivity contribution in [2.45, 2.75) is 24.7 Å². The van der Waals surface area contributed by atoms with Crippen LogP contribution in [0.15, 0.2) is 36.6 Å². The van der Waals surface area contributed by atoms with E-state index in [-0.39, 0.29) is 18.1 Å². The lowest BCUT2D eigenvalue weighted by atomic mass is 9.90. The van der Waals surface area contributed by atoms with Crippen molar-refractivity contribution in [2.24, 2.45) is 0 Å². The molecule has 2 aliphatic rings. The zero-order chi connectivity index (χ0) is 14.1. The van der Waals surface area contributed by atoms with Gasteiger partial charge in [-0.2, -0.15) is 0 Å². The molecule has 0 aromatic heterocycles. The van der Waals surface area contributed by atoms with Gasteiger partial charge in [0.15, 0.2) is 6.10 Å². The van der Waals surface area contributed by atoms with Gasteiger partial charge in [0.25, 0.3) is 5.91 Å². The van der Waals surface area contributed by atoms with Gasteiger partial charge in [-0.25, -0.2) is 0 Å². The van der Waals surface area contributed by atoms with E-state index in [1.165, 1.54) is 0 Å². The molecular formula is C15H17NO4. The molecular weight excluding hydrogens is 258 g/mol. The van der Waals surface area contributed by atoms with E-state index in [9.17, 15) is 4.79 Å². The highest BCUT2D eigenvalue weighted by atomic mass is 16.5. The Labute approximate surface area is 117 Å². The zero-order valence-corrected chi connectivity index (χ0v) is 11.5. The number of nitrogens with zero attached hydrogens (tertiary/aromatic N) is 1. The topological polar surface area (TPSA) is 48.0 Å². The molecule has 0 aliphatic carbocycles. The fourth-order valence-electron chi connectivity index (χ4n) is 2.75. The summed E-state index contributed by atoms with van der Waals surface area (Å²) in [6, 6.07) is 7.34. The van der Waals surface area contributed by atoms with Crippen molar-refractivity contribution in [1.82, 2.24) is 0 Å². The molecule has 5 nitrogen and oxygen atoms in total. The average Bonchev–Trinajstić information content (AvgIpc) is 2.99. The van der Waals surface area contributed by atoms with Crippen LogP contribution in [0, 0.1) is 0 Å². The van der Waals surface area contributed by atoms with Crippen molar-refractivity contribution in [3.63, 3.8) is 0 Å². The monoisotopic (exact) mass is 275 g/mol. The molecule has 0 unspecified atom stereocenters. The standard InChI is InChI=1S/C15H17NO4/c1-18-11-7-5-10(6-8-11)16-13(12-4-3-9-20-12)14(19-2)15(16)17/h3,5-9,12-14H,4H2,1-2H3/t12-,13+,14-/m1/s1. The summed E-state index contributed by atoms with van der Waals surface area (Å²) in [5.41, 5.74) is 0.838. The Hall–Kier alpha value is -2.01. The number of methoxy groups -OCH3 is 2. The van der Waals surface area contributed by atoms with Crippen LogP contribution in [0.4, 0.5) is 5.69 Å². The third-order valence-electron chi connectivity index (χ3n) is 3.79. The summed E-state index contributed by atoms with van der Waals surface area (Å²) in [6.45, 7) is 0. The predicted octanol–water partition coefficient (Wildman–Crippen LogP) is 1.73. The van der Waals surface area contributed by atoms with Crippen LogP contribution in [-0.4, -0.2) is 38.4 Å². The van der Waals surface area contributed by atoms with Crippen molar-refractivity contribution < 1.29 is 19.0 Å². The molecule has 3 atom stereocenters. The molecule has 20 heavy (non-hydrogen) atoms. The lowest BCUT2D eigenvalue weighted by Gasteiger charge is -2.48. The van der Waals surface area contributed by atoms with Crippen LogP contribution in [0.25, 0.3) is 0 Å². The first-order valence-corrected chi connectivity index (χ1v) is 6.56. The third-order valence-corrected chi connectivity index (χ3v) is 3.79. The number of carbonyl (C=O) groups is 1. The molecule has 2 heterocycles. The fourth-order valence-corrected chi connectivity index (χ4v) is 2.75. The van der Waals surface area contributed by atoms with Crippen LogP contribution in [0.5, 0.6) is 5.75 Å². The summed E-state index contributed by atoms with van der Waals surface area (Å²) in [5, 5.41) is 0. The second kappa shape index (κ2) is 5.17. The van der Waals surface area contributed by atoms with E-state index < -0.39 is 6.10 Å². The Bertz CT molecular complexity index is 517. The smallest absolute Gasteiger partial charge is 0.258 e. The van der Waals surface area contributed by atoms with Crippen LogP contribution in [0.2, 0.25) is 0 Å². The molecule has 0 N–H and O–H groups in total. The summed E-state index contributed by atoms with van der Waals surface area (Å²) >= 11 is 0. The molecule has 1 aromatic rings. The van der Waals surface area contributed by atoms with Gasteiger partial charge in [0.05, 0.1) is 13.4 Å². The number of hydrogen-bond acceptors (Lipinski definition) is 4. The Morgan fingerprint density at radius 1 is 1.25 bits per heavy atom. The van der Waals surface area contributed by atoms with Gasteiger partial charge < -0.3 is 19.1 Å². The Morgan fingerprint density at radius 3 is 2.55 bits per heavy atom. The molecule has 1 fully saturated rings. The van der Waals surface area contributed by atoms with Crippen molar-refractivity contribution in [3.05, 3.63) is 36.6 Å². The minimum absolute atomic E-state index is 0.0295. The predicted molar refractivity (Wildman–Crippen MR) is 73.7 cm³/mol. The molecule has 0 bridgehead atoms. The molecule has 5 heteroatoms. The van der Waals surface area contributed by atoms with Crippen LogP contribution >= 0.6 is 0 Å². The van der Waals surface area contributed by atoms with Gasteiger partial charge in [0.2, 0.25) is 0 Å². The summed E-state index contributed by atoms with van der Waals surface area (Å²) in [6.07, 6.45) is 3.98. The van der Waals surface area contributed by atoms with E-state index in [0.29, 0.717) is 0 Å². The van der Waals surface area contributed by atoms with Gasteiger partial charge in [-0.3, -0.25) is 4.79 Å². The molecule has 0 radical (unpaired) electrons. The second-order valence-corrected chi connectivity index (χ2v) is 4.84. The quantitative estimate of drug-likeness (QED) is 0.785. The number of rotatable bonds is 4. The number of amides is 1. The maximum atomic E-state index is 12.2. The number of anilines is 1. The molecule has 1 aromatic carbocycles. The SMILES string of the molecule is COc1ccc(N2C(=O)[C@H](OC)[C@@H]2[C@H]2CC=CO2)cc1. The summed E-state index contributed by atoms with van der Waals surface area (Å²) < 4.78 is 16.0. The van der Waals surface area contributed by atoms with E-state index in [2.05, 4.69) is 0 Å². The van der Waals surface area contributed by atoms with Gasteiger partial charge in [-0.05, 0) is 30.3 Å². The molecule has 3 rings (SSSR count). The second-order valence-electron chi connectivity index (χ2n) is 4.84. The van der Waals surface area contributed by atoms with Crippen molar-refractivity contribution in [3.8, 4) is 5.75 Å².